The fourth-order valence-electron chi connectivity index (χ4n) is 3.26. The molecule has 0 unspecified atom stereocenters. The van der Waals surface area contributed by atoms with E-state index >= 15 is 0 Å². The Morgan fingerprint density at radius 2 is 1.66 bits per heavy atom. The molecule has 0 bridgehead atoms. The molecule has 2 heterocycles. The Kier molecular flexibility index (Phi) is 5.40. The van der Waals surface area contributed by atoms with E-state index in [0.717, 1.165) is 17.7 Å². The largest absolute Gasteiger partial charge is 0.412 e. The van der Waals surface area contributed by atoms with Crippen molar-refractivity contribution in [1.82, 2.24) is 9.97 Å². The standard InChI is InChI=1S/C23H17F3N4O2/c1-13(23(24,25)26)12-19(31)29-15-8-6-14(7-9-15)28-18-10-11-27-21-20(18)16-4-2-3-5-17(16)22(32)30-21/h2-12H,1H3,(H,29,31)(H2,27,28,30,32). The van der Waals surface area contributed by atoms with Crippen LogP contribution < -0.4 is 16.2 Å². The Morgan fingerprint density at radius 3 is 2.34 bits per heavy atom. The number of anilines is 3. The summed E-state index contributed by atoms with van der Waals surface area (Å²) < 4.78 is 37.7. The van der Waals surface area contributed by atoms with E-state index < -0.39 is 17.7 Å². The van der Waals surface area contributed by atoms with Crippen molar-refractivity contribution in [2.75, 3.05) is 10.6 Å². The van der Waals surface area contributed by atoms with Crippen LogP contribution >= 0.6 is 0 Å². The number of alkyl halides is 3. The fourth-order valence-corrected chi connectivity index (χ4v) is 3.26. The Balaban J connectivity index is 1.60. The molecule has 4 aromatic rings. The van der Waals surface area contributed by atoms with Crippen molar-refractivity contribution in [2.24, 2.45) is 0 Å². The second-order valence-corrected chi connectivity index (χ2v) is 7.10. The first kappa shape index (κ1) is 21.1. The molecular formula is C23H17F3N4O2. The average Bonchev–Trinajstić information content (AvgIpc) is 2.74. The number of fused-ring (bicyclic) bond motifs is 3. The molecule has 0 radical (unpaired) electrons. The van der Waals surface area contributed by atoms with Crippen LogP contribution in [0.2, 0.25) is 0 Å². The van der Waals surface area contributed by atoms with E-state index in [1.807, 2.05) is 12.1 Å². The van der Waals surface area contributed by atoms with Crippen molar-refractivity contribution in [3.63, 3.8) is 0 Å². The number of hydrogen-bond donors (Lipinski definition) is 3. The predicted octanol–water partition coefficient (Wildman–Crippen LogP) is 5.27. The van der Waals surface area contributed by atoms with Gasteiger partial charge in [-0.1, -0.05) is 18.2 Å². The first-order valence-corrected chi connectivity index (χ1v) is 9.56. The van der Waals surface area contributed by atoms with Crippen LogP contribution in [0.4, 0.5) is 30.2 Å². The third-order valence-corrected chi connectivity index (χ3v) is 4.85. The Labute approximate surface area is 179 Å². The molecule has 0 saturated heterocycles. The zero-order valence-electron chi connectivity index (χ0n) is 16.7. The maximum atomic E-state index is 12.6. The number of allylic oxidation sites excluding steroid dienone is 1. The summed E-state index contributed by atoms with van der Waals surface area (Å²) in [6, 6.07) is 15.5. The van der Waals surface area contributed by atoms with Gasteiger partial charge in [-0.05, 0) is 43.3 Å². The maximum absolute atomic E-state index is 12.6. The first-order valence-electron chi connectivity index (χ1n) is 9.56. The Bertz CT molecular complexity index is 1410. The molecule has 4 rings (SSSR count). The first-order chi connectivity index (χ1) is 15.2. The van der Waals surface area contributed by atoms with Gasteiger partial charge in [0.2, 0.25) is 5.91 Å². The number of nitrogens with zero attached hydrogens (tertiary/aromatic N) is 1. The molecule has 0 spiro atoms. The molecule has 162 valence electrons. The molecule has 2 aromatic carbocycles. The number of H-pyrrole nitrogens is 1. The van der Waals surface area contributed by atoms with Crippen LogP contribution in [-0.2, 0) is 4.79 Å². The molecule has 0 aliphatic heterocycles. The van der Waals surface area contributed by atoms with Gasteiger partial charge >= 0.3 is 6.18 Å². The lowest BCUT2D eigenvalue weighted by Crippen LogP contribution is -2.14. The van der Waals surface area contributed by atoms with Crippen molar-refractivity contribution < 1.29 is 18.0 Å². The molecule has 0 saturated carbocycles. The second kappa shape index (κ2) is 8.18. The topological polar surface area (TPSA) is 86.9 Å². The number of amides is 1. The molecule has 9 heteroatoms. The van der Waals surface area contributed by atoms with Gasteiger partial charge in [0.05, 0.1) is 5.69 Å². The van der Waals surface area contributed by atoms with Crippen LogP contribution in [-0.4, -0.2) is 22.1 Å². The van der Waals surface area contributed by atoms with Crippen molar-refractivity contribution in [2.45, 2.75) is 13.1 Å². The van der Waals surface area contributed by atoms with Gasteiger partial charge in [0.15, 0.2) is 0 Å². The van der Waals surface area contributed by atoms with Gasteiger partial charge in [-0.3, -0.25) is 9.59 Å². The normalized spacial score (nSPS) is 12.2. The summed E-state index contributed by atoms with van der Waals surface area (Å²) in [5.41, 5.74) is 0.960. The molecule has 1 amide bonds. The van der Waals surface area contributed by atoms with Gasteiger partial charge in [-0.15, -0.1) is 0 Å². The van der Waals surface area contributed by atoms with E-state index in [9.17, 15) is 22.8 Å². The summed E-state index contributed by atoms with van der Waals surface area (Å²) in [5.74, 6) is -0.865. The number of aromatic nitrogens is 2. The third-order valence-electron chi connectivity index (χ3n) is 4.85. The average molecular weight is 438 g/mol. The number of carbonyl (C=O) groups is 1. The molecule has 6 nitrogen and oxygen atoms in total. The quantitative estimate of drug-likeness (QED) is 0.299. The van der Waals surface area contributed by atoms with Crippen molar-refractivity contribution in [1.29, 1.82) is 0 Å². The van der Waals surface area contributed by atoms with E-state index in [0.29, 0.717) is 34.2 Å². The van der Waals surface area contributed by atoms with Gasteiger partial charge < -0.3 is 15.6 Å². The summed E-state index contributed by atoms with van der Waals surface area (Å²) in [4.78, 5) is 31.1. The molecule has 0 fully saturated rings. The number of carbonyl (C=O) groups excluding carboxylic acids is 1. The van der Waals surface area contributed by atoms with E-state index in [1.54, 1.807) is 48.7 Å². The van der Waals surface area contributed by atoms with Crippen LogP contribution in [0.25, 0.3) is 21.8 Å². The number of nitrogens with one attached hydrogen (secondary N) is 3. The van der Waals surface area contributed by atoms with Crippen LogP contribution in [0, 0.1) is 0 Å². The fraction of sp³-hybridized carbons (Fsp3) is 0.0870. The van der Waals surface area contributed by atoms with Crippen molar-refractivity contribution in [3.8, 4) is 0 Å². The molecular weight excluding hydrogens is 421 g/mol. The van der Waals surface area contributed by atoms with Crippen LogP contribution in [0.3, 0.4) is 0 Å². The summed E-state index contributed by atoms with van der Waals surface area (Å²) >= 11 is 0. The SMILES string of the molecule is CC(=CC(=O)Nc1ccc(Nc2ccnc3[nH]c(=O)c4ccccc4c23)cc1)C(F)(F)F. The third kappa shape index (κ3) is 4.31. The number of pyridine rings is 2. The molecule has 32 heavy (non-hydrogen) atoms. The van der Waals surface area contributed by atoms with Crippen LogP contribution in [0.15, 0.2) is 77.2 Å². The number of halogens is 3. The van der Waals surface area contributed by atoms with Crippen molar-refractivity contribution in [3.05, 3.63) is 82.8 Å². The highest BCUT2D eigenvalue weighted by Crippen LogP contribution is 2.30. The van der Waals surface area contributed by atoms with Crippen molar-refractivity contribution >= 4 is 44.8 Å². The molecule has 0 aliphatic rings. The minimum Gasteiger partial charge on any atom is -0.355 e. The van der Waals surface area contributed by atoms with Crippen LogP contribution in [0.1, 0.15) is 6.92 Å². The van der Waals surface area contributed by atoms with Gasteiger partial charge in [-0.2, -0.15) is 13.2 Å². The zero-order valence-corrected chi connectivity index (χ0v) is 16.7. The minimum absolute atomic E-state index is 0.229. The van der Waals surface area contributed by atoms with Gasteiger partial charge in [0, 0.05) is 45.4 Å². The number of hydrogen-bond acceptors (Lipinski definition) is 4. The monoisotopic (exact) mass is 438 g/mol. The van der Waals surface area contributed by atoms with Gasteiger partial charge in [0.1, 0.15) is 5.65 Å². The Morgan fingerprint density at radius 1 is 1.00 bits per heavy atom. The molecule has 3 N–H and O–H groups in total. The number of benzene rings is 2. The van der Waals surface area contributed by atoms with E-state index in [-0.39, 0.29) is 5.56 Å². The lowest BCUT2D eigenvalue weighted by molar-refractivity contribution is -0.113. The highest BCUT2D eigenvalue weighted by Gasteiger charge is 2.30. The summed E-state index contributed by atoms with van der Waals surface area (Å²) in [6.45, 7) is 0.836. The van der Waals surface area contributed by atoms with E-state index in [1.165, 1.54) is 0 Å². The molecule has 0 atom stereocenters. The summed E-state index contributed by atoms with van der Waals surface area (Å²) in [6.07, 6.45) is -2.46. The zero-order chi connectivity index (χ0) is 22.9. The van der Waals surface area contributed by atoms with Gasteiger partial charge in [-0.25, -0.2) is 4.98 Å². The predicted molar refractivity (Wildman–Crippen MR) is 118 cm³/mol. The summed E-state index contributed by atoms with van der Waals surface area (Å²) in [5, 5.41) is 7.69. The molecule has 0 aliphatic carbocycles. The number of aromatic amines is 1. The highest BCUT2D eigenvalue weighted by molar-refractivity contribution is 6.10. The maximum Gasteiger partial charge on any atom is 0.412 e. The van der Waals surface area contributed by atoms with E-state index in [2.05, 4.69) is 20.6 Å². The number of rotatable bonds is 4. The smallest absolute Gasteiger partial charge is 0.355 e. The molecule has 2 aromatic heterocycles. The van der Waals surface area contributed by atoms with E-state index in [4.69, 9.17) is 0 Å². The van der Waals surface area contributed by atoms with Gasteiger partial charge in [0.25, 0.3) is 5.56 Å². The lowest BCUT2D eigenvalue weighted by atomic mass is 10.1. The minimum atomic E-state index is -4.55. The highest BCUT2D eigenvalue weighted by atomic mass is 19.4. The van der Waals surface area contributed by atoms with Crippen LogP contribution in [0.5, 0.6) is 0 Å². The second-order valence-electron chi connectivity index (χ2n) is 7.10. The Hall–Kier alpha value is -4.14. The summed E-state index contributed by atoms with van der Waals surface area (Å²) in [7, 11) is 0. The lowest BCUT2D eigenvalue weighted by Gasteiger charge is -2.12.